The summed E-state index contributed by atoms with van der Waals surface area (Å²) in [6, 6.07) is 3.82. The van der Waals surface area contributed by atoms with Crippen molar-refractivity contribution in [2.75, 3.05) is 30.3 Å². The first-order chi connectivity index (χ1) is 15.0. The summed E-state index contributed by atoms with van der Waals surface area (Å²) in [7, 11) is 0. The average Bonchev–Trinajstić information content (AvgIpc) is 2.79. The van der Waals surface area contributed by atoms with E-state index in [1.54, 1.807) is 6.07 Å². The van der Waals surface area contributed by atoms with E-state index < -0.39 is 18.9 Å². The fraction of sp³-hybridized carbons (Fsp3) is 0.474. The number of carbonyl (C=O) groups is 1. The molecule has 3 rings (SSSR count). The van der Waals surface area contributed by atoms with Crippen molar-refractivity contribution in [1.82, 2.24) is 30.8 Å². The number of alkyl halides is 2. The summed E-state index contributed by atoms with van der Waals surface area (Å²) in [6.45, 7) is 0.782. The molecule has 2 aromatic heterocycles. The Morgan fingerprint density at radius 3 is 2.81 bits per heavy atom. The van der Waals surface area contributed by atoms with Crippen molar-refractivity contribution in [3.8, 4) is 6.07 Å². The van der Waals surface area contributed by atoms with E-state index >= 15 is 0 Å². The standard InChI is InChI=1S/C19H23F2N9O/c20-15(21)10-27-19(31)18-14(24-6-4-12-3-1-2-5-23-12)7-16(29-30-18)28-17-11-25-13(8-22)9-26-17/h7,9,11-12,15,23H,1-6,10H2,(H,27,31)(H2,24,26,28,29). The van der Waals surface area contributed by atoms with E-state index in [-0.39, 0.29) is 17.2 Å². The molecule has 0 aromatic carbocycles. The number of rotatable bonds is 9. The lowest BCUT2D eigenvalue weighted by Crippen LogP contribution is -2.35. The molecule has 164 valence electrons. The fourth-order valence-corrected chi connectivity index (χ4v) is 3.14. The SMILES string of the molecule is N#Cc1cnc(Nc2cc(NCCC3CCCCN3)c(C(=O)NCC(F)F)nn2)cn1. The number of nitriles is 1. The number of carbonyl (C=O) groups excluding carboxylic acids is 1. The van der Waals surface area contributed by atoms with E-state index in [0.717, 1.165) is 19.4 Å². The first-order valence-corrected chi connectivity index (χ1v) is 9.95. The number of piperidine rings is 1. The molecule has 1 aliphatic rings. The molecule has 12 heteroatoms. The van der Waals surface area contributed by atoms with Crippen LogP contribution in [0.25, 0.3) is 0 Å². The predicted molar refractivity (Wildman–Crippen MR) is 109 cm³/mol. The summed E-state index contributed by atoms with van der Waals surface area (Å²) in [6.07, 6.45) is 4.27. The molecular weight excluding hydrogens is 408 g/mol. The fourth-order valence-electron chi connectivity index (χ4n) is 3.14. The molecule has 0 aliphatic carbocycles. The van der Waals surface area contributed by atoms with Gasteiger partial charge in [0.2, 0.25) is 0 Å². The van der Waals surface area contributed by atoms with Gasteiger partial charge in [0.1, 0.15) is 11.9 Å². The minimum absolute atomic E-state index is 0.0753. The van der Waals surface area contributed by atoms with Gasteiger partial charge in [-0.05, 0) is 25.8 Å². The maximum Gasteiger partial charge on any atom is 0.274 e. The Morgan fingerprint density at radius 2 is 2.13 bits per heavy atom. The van der Waals surface area contributed by atoms with Crippen LogP contribution in [0.2, 0.25) is 0 Å². The third-order valence-electron chi connectivity index (χ3n) is 4.67. The van der Waals surface area contributed by atoms with Gasteiger partial charge in [0, 0.05) is 18.7 Å². The molecular formula is C19H23F2N9O. The minimum atomic E-state index is -2.67. The normalized spacial score (nSPS) is 15.9. The van der Waals surface area contributed by atoms with Crippen molar-refractivity contribution in [3.63, 3.8) is 0 Å². The lowest BCUT2D eigenvalue weighted by molar-refractivity contribution is 0.0887. The van der Waals surface area contributed by atoms with Crippen LogP contribution in [-0.2, 0) is 0 Å². The Hall–Kier alpha value is -3.46. The molecule has 0 spiro atoms. The number of anilines is 3. The van der Waals surface area contributed by atoms with Crippen LogP contribution in [0.5, 0.6) is 0 Å². The molecule has 1 amide bonds. The second kappa shape index (κ2) is 11.1. The maximum absolute atomic E-state index is 12.5. The van der Waals surface area contributed by atoms with Crippen LogP contribution in [0.1, 0.15) is 41.9 Å². The Balaban J connectivity index is 1.72. The van der Waals surface area contributed by atoms with Gasteiger partial charge in [0.15, 0.2) is 17.2 Å². The topological polar surface area (TPSA) is 141 Å². The van der Waals surface area contributed by atoms with Gasteiger partial charge in [-0.3, -0.25) is 4.79 Å². The number of amides is 1. The first-order valence-electron chi connectivity index (χ1n) is 9.95. The number of nitrogens with one attached hydrogen (secondary N) is 4. The largest absolute Gasteiger partial charge is 0.383 e. The summed E-state index contributed by atoms with van der Waals surface area (Å²) in [4.78, 5) is 20.3. The summed E-state index contributed by atoms with van der Waals surface area (Å²) < 4.78 is 24.9. The van der Waals surface area contributed by atoms with Crippen LogP contribution in [0.4, 0.5) is 26.1 Å². The van der Waals surface area contributed by atoms with Crippen LogP contribution >= 0.6 is 0 Å². The highest BCUT2D eigenvalue weighted by molar-refractivity contribution is 5.97. The first kappa shape index (κ1) is 22.2. The molecule has 0 saturated carbocycles. The van der Waals surface area contributed by atoms with Crippen LogP contribution in [0.15, 0.2) is 18.5 Å². The number of nitrogens with zero attached hydrogens (tertiary/aromatic N) is 5. The Labute approximate surface area is 177 Å². The molecule has 2 aromatic rings. The van der Waals surface area contributed by atoms with Crippen LogP contribution in [-0.4, -0.2) is 58.2 Å². The van der Waals surface area contributed by atoms with Gasteiger partial charge in [-0.2, -0.15) is 5.26 Å². The summed E-state index contributed by atoms with van der Waals surface area (Å²) >= 11 is 0. The van der Waals surface area contributed by atoms with Gasteiger partial charge in [-0.15, -0.1) is 10.2 Å². The monoisotopic (exact) mass is 431 g/mol. The zero-order chi connectivity index (χ0) is 22.1. The van der Waals surface area contributed by atoms with Crippen molar-refractivity contribution in [2.24, 2.45) is 0 Å². The number of hydrogen-bond donors (Lipinski definition) is 4. The number of hydrogen-bond acceptors (Lipinski definition) is 9. The third-order valence-corrected chi connectivity index (χ3v) is 4.67. The molecule has 10 nitrogen and oxygen atoms in total. The van der Waals surface area contributed by atoms with Gasteiger partial charge in [0.05, 0.1) is 24.6 Å². The van der Waals surface area contributed by atoms with Gasteiger partial charge >= 0.3 is 0 Å². The molecule has 31 heavy (non-hydrogen) atoms. The Kier molecular flexibility index (Phi) is 7.94. The minimum Gasteiger partial charge on any atom is -0.383 e. The van der Waals surface area contributed by atoms with Crippen LogP contribution in [0, 0.1) is 11.3 Å². The Bertz CT molecular complexity index is 912. The van der Waals surface area contributed by atoms with Crippen LogP contribution < -0.4 is 21.3 Å². The highest BCUT2D eigenvalue weighted by Gasteiger charge is 2.18. The second-order valence-electron chi connectivity index (χ2n) is 6.98. The predicted octanol–water partition coefficient (Wildman–Crippen LogP) is 1.82. The quantitative estimate of drug-likeness (QED) is 0.468. The van der Waals surface area contributed by atoms with Crippen LogP contribution in [0.3, 0.4) is 0 Å². The highest BCUT2D eigenvalue weighted by atomic mass is 19.3. The van der Waals surface area contributed by atoms with E-state index in [1.807, 2.05) is 6.07 Å². The van der Waals surface area contributed by atoms with E-state index in [9.17, 15) is 13.6 Å². The molecule has 0 bridgehead atoms. The van der Waals surface area contributed by atoms with Crippen molar-refractivity contribution in [1.29, 1.82) is 5.26 Å². The van der Waals surface area contributed by atoms with Gasteiger partial charge in [-0.25, -0.2) is 18.7 Å². The van der Waals surface area contributed by atoms with E-state index in [1.165, 1.54) is 25.2 Å². The van der Waals surface area contributed by atoms with Gasteiger partial charge < -0.3 is 21.3 Å². The molecule has 3 heterocycles. The molecule has 1 saturated heterocycles. The zero-order valence-electron chi connectivity index (χ0n) is 16.7. The summed E-state index contributed by atoms with van der Waals surface area (Å²) in [5.41, 5.74) is 0.455. The molecule has 1 aliphatic heterocycles. The van der Waals surface area contributed by atoms with Crippen molar-refractivity contribution < 1.29 is 13.6 Å². The van der Waals surface area contributed by atoms with Gasteiger partial charge in [-0.1, -0.05) is 6.42 Å². The Morgan fingerprint density at radius 1 is 1.26 bits per heavy atom. The molecule has 1 unspecified atom stereocenters. The van der Waals surface area contributed by atoms with Crippen molar-refractivity contribution in [2.45, 2.75) is 38.2 Å². The number of halogens is 2. The zero-order valence-corrected chi connectivity index (χ0v) is 16.7. The third kappa shape index (κ3) is 6.78. The molecule has 0 radical (unpaired) electrons. The smallest absolute Gasteiger partial charge is 0.274 e. The highest BCUT2D eigenvalue weighted by Crippen LogP contribution is 2.20. The summed E-state index contributed by atoms with van der Waals surface area (Å²) in [5.74, 6) is -0.126. The second-order valence-corrected chi connectivity index (χ2v) is 6.98. The average molecular weight is 431 g/mol. The molecule has 1 fully saturated rings. The van der Waals surface area contributed by atoms with E-state index in [0.29, 0.717) is 24.1 Å². The maximum atomic E-state index is 12.5. The molecule has 1 atom stereocenters. The summed E-state index contributed by atoms with van der Waals surface area (Å²) in [5, 5.41) is 28.3. The lowest BCUT2D eigenvalue weighted by atomic mass is 10.0. The van der Waals surface area contributed by atoms with Crippen molar-refractivity contribution >= 4 is 23.2 Å². The van der Waals surface area contributed by atoms with E-state index in [4.69, 9.17) is 5.26 Å². The number of aromatic nitrogens is 4. The lowest BCUT2D eigenvalue weighted by Gasteiger charge is -2.23. The van der Waals surface area contributed by atoms with E-state index in [2.05, 4.69) is 41.4 Å². The van der Waals surface area contributed by atoms with Gasteiger partial charge in [0.25, 0.3) is 12.3 Å². The van der Waals surface area contributed by atoms with Crippen molar-refractivity contribution in [3.05, 3.63) is 29.8 Å². The molecule has 4 N–H and O–H groups in total.